The van der Waals surface area contributed by atoms with Crippen LogP contribution in [-0.2, 0) is 16.3 Å². The van der Waals surface area contributed by atoms with Crippen LogP contribution in [0.2, 0.25) is 0 Å². The minimum absolute atomic E-state index is 0.127. The van der Waals surface area contributed by atoms with E-state index >= 15 is 0 Å². The predicted octanol–water partition coefficient (Wildman–Crippen LogP) is 2.97. The van der Waals surface area contributed by atoms with Crippen molar-refractivity contribution in [2.45, 2.75) is 17.7 Å². The number of carbonyl (C=O) groups excluding carboxylic acids is 1. The van der Waals surface area contributed by atoms with Crippen LogP contribution in [-0.4, -0.2) is 20.5 Å². The number of Topliss-reactive ketones (excluding diaryl/α,β-unsaturated/α-hetero) is 1. The molecule has 1 aromatic heterocycles. The molecule has 0 saturated carbocycles. The molecule has 0 spiro atoms. The third-order valence-corrected chi connectivity index (χ3v) is 4.83. The second-order valence-corrected chi connectivity index (χ2v) is 7.28. The molecular weight excluding hydrogens is 280 g/mol. The molecule has 1 heterocycles. The van der Waals surface area contributed by atoms with Crippen molar-refractivity contribution >= 4 is 27.0 Å². The van der Waals surface area contributed by atoms with E-state index in [9.17, 15) is 13.2 Å². The molecule has 5 heteroatoms. The first kappa shape index (κ1) is 14.0. The first-order valence-electron chi connectivity index (χ1n) is 5.82. The van der Waals surface area contributed by atoms with Gasteiger partial charge in [-0.3, -0.25) is 4.79 Å². The van der Waals surface area contributed by atoms with Crippen LogP contribution in [0.3, 0.4) is 0 Å². The standard InChI is InChI=1S/C14H14O3S2/c1-19(16,17)12-7-4-11(5-8-12)6-9-13(15)14-3-2-10-18-14/h2-5,7-8,10H,6,9H2,1H3. The number of rotatable bonds is 5. The van der Waals surface area contributed by atoms with Crippen molar-refractivity contribution in [1.82, 2.24) is 0 Å². The number of ketones is 1. The maximum absolute atomic E-state index is 11.8. The second-order valence-electron chi connectivity index (χ2n) is 4.32. The Morgan fingerprint density at radius 3 is 2.37 bits per heavy atom. The van der Waals surface area contributed by atoms with Gasteiger partial charge in [0, 0.05) is 12.7 Å². The zero-order valence-corrected chi connectivity index (χ0v) is 12.1. The summed E-state index contributed by atoms with van der Waals surface area (Å²) in [6, 6.07) is 10.4. The molecule has 0 atom stereocenters. The average molecular weight is 294 g/mol. The van der Waals surface area contributed by atoms with Gasteiger partial charge in [0.25, 0.3) is 0 Å². The topological polar surface area (TPSA) is 51.2 Å². The molecule has 1 aromatic carbocycles. The monoisotopic (exact) mass is 294 g/mol. The first-order chi connectivity index (χ1) is 8.97. The second kappa shape index (κ2) is 5.67. The van der Waals surface area contributed by atoms with Crippen molar-refractivity contribution < 1.29 is 13.2 Å². The predicted molar refractivity (Wildman–Crippen MR) is 76.5 cm³/mol. The van der Waals surface area contributed by atoms with Crippen LogP contribution < -0.4 is 0 Å². The fraction of sp³-hybridized carbons (Fsp3) is 0.214. The van der Waals surface area contributed by atoms with E-state index in [-0.39, 0.29) is 5.78 Å². The summed E-state index contributed by atoms with van der Waals surface area (Å²) in [7, 11) is -3.15. The Morgan fingerprint density at radius 2 is 1.84 bits per heavy atom. The first-order valence-corrected chi connectivity index (χ1v) is 8.59. The molecule has 2 rings (SSSR count). The van der Waals surface area contributed by atoms with Crippen molar-refractivity contribution in [3.05, 3.63) is 52.2 Å². The average Bonchev–Trinajstić information content (AvgIpc) is 2.89. The minimum atomic E-state index is -3.15. The van der Waals surface area contributed by atoms with Gasteiger partial charge >= 0.3 is 0 Å². The highest BCUT2D eigenvalue weighted by Gasteiger charge is 2.09. The molecule has 0 aliphatic carbocycles. The molecule has 0 amide bonds. The molecule has 2 aromatic rings. The van der Waals surface area contributed by atoms with Crippen LogP contribution in [0.15, 0.2) is 46.7 Å². The van der Waals surface area contributed by atoms with Gasteiger partial charge < -0.3 is 0 Å². The SMILES string of the molecule is CS(=O)(=O)c1ccc(CCC(=O)c2cccs2)cc1. The van der Waals surface area contributed by atoms with E-state index in [4.69, 9.17) is 0 Å². The Morgan fingerprint density at radius 1 is 1.16 bits per heavy atom. The Hall–Kier alpha value is -1.46. The van der Waals surface area contributed by atoms with Crippen LogP contribution in [0.4, 0.5) is 0 Å². The van der Waals surface area contributed by atoms with Gasteiger partial charge in [0.05, 0.1) is 9.77 Å². The highest BCUT2D eigenvalue weighted by molar-refractivity contribution is 7.90. The van der Waals surface area contributed by atoms with Gasteiger partial charge in [0.1, 0.15) is 0 Å². The lowest BCUT2D eigenvalue weighted by molar-refractivity contribution is 0.0986. The molecule has 0 N–H and O–H groups in total. The van der Waals surface area contributed by atoms with Crippen molar-refractivity contribution in [3.8, 4) is 0 Å². The molecule has 100 valence electrons. The number of hydrogen-bond acceptors (Lipinski definition) is 4. The van der Waals surface area contributed by atoms with E-state index in [1.54, 1.807) is 24.3 Å². The number of hydrogen-bond donors (Lipinski definition) is 0. The summed E-state index contributed by atoms with van der Waals surface area (Å²) >= 11 is 1.44. The molecular formula is C14H14O3S2. The van der Waals surface area contributed by atoms with E-state index in [1.165, 1.54) is 17.6 Å². The normalized spacial score (nSPS) is 11.4. The molecule has 0 unspecified atom stereocenters. The highest BCUT2D eigenvalue weighted by Crippen LogP contribution is 2.15. The Balaban J connectivity index is 1.99. The van der Waals surface area contributed by atoms with Crippen LogP contribution in [0, 0.1) is 0 Å². The summed E-state index contributed by atoms with van der Waals surface area (Å²) in [4.78, 5) is 12.9. The Labute approximate surface area is 116 Å². The van der Waals surface area contributed by atoms with E-state index in [1.807, 2.05) is 17.5 Å². The van der Waals surface area contributed by atoms with Crippen LogP contribution >= 0.6 is 11.3 Å². The van der Waals surface area contributed by atoms with Gasteiger partial charge in [0.15, 0.2) is 15.6 Å². The number of aryl methyl sites for hydroxylation is 1. The minimum Gasteiger partial charge on any atom is -0.293 e. The van der Waals surface area contributed by atoms with E-state index in [0.29, 0.717) is 17.7 Å². The van der Waals surface area contributed by atoms with Crippen LogP contribution in [0.5, 0.6) is 0 Å². The lowest BCUT2D eigenvalue weighted by Crippen LogP contribution is -2.00. The molecule has 0 saturated heterocycles. The number of benzene rings is 1. The van der Waals surface area contributed by atoms with Gasteiger partial charge in [-0.05, 0) is 35.6 Å². The highest BCUT2D eigenvalue weighted by atomic mass is 32.2. The lowest BCUT2D eigenvalue weighted by atomic mass is 10.1. The summed E-state index contributed by atoms with van der Waals surface area (Å²) in [5.41, 5.74) is 0.970. The quantitative estimate of drug-likeness (QED) is 0.797. The smallest absolute Gasteiger partial charge is 0.175 e. The van der Waals surface area contributed by atoms with Crippen molar-refractivity contribution in [3.63, 3.8) is 0 Å². The lowest BCUT2D eigenvalue weighted by Gasteiger charge is -2.02. The number of thiophene rings is 1. The number of carbonyl (C=O) groups is 1. The molecule has 0 radical (unpaired) electrons. The van der Waals surface area contributed by atoms with Crippen LogP contribution in [0.1, 0.15) is 21.7 Å². The zero-order valence-electron chi connectivity index (χ0n) is 10.5. The van der Waals surface area contributed by atoms with Gasteiger partial charge in [-0.1, -0.05) is 18.2 Å². The molecule has 19 heavy (non-hydrogen) atoms. The van der Waals surface area contributed by atoms with Gasteiger partial charge in [-0.25, -0.2) is 8.42 Å². The van der Waals surface area contributed by atoms with Gasteiger partial charge in [-0.2, -0.15) is 0 Å². The van der Waals surface area contributed by atoms with Crippen molar-refractivity contribution in [2.75, 3.05) is 6.26 Å². The summed E-state index contributed by atoms with van der Waals surface area (Å²) in [5, 5.41) is 1.88. The fourth-order valence-corrected chi connectivity index (χ4v) is 3.05. The number of sulfone groups is 1. The molecule has 0 aliphatic rings. The van der Waals surface area contributed by atoms with Crippen molar-refractivity contribution in [2.24, 2.45) is 0 Å². The van der Waals surface area contributed by atoms with Crippen molar-refractivity contribution in [1.29, 1.82) is 0 Å². The Bertz CT molecular complexity index is 653. The summed E-state index contributed by atoms with van der Waals surface area (Å²) in [6.45, 7) is 0. The zero-order chi connectivity index (χ0) is 13.9. The summed E-state index contributed by atoms with van der Waals surface area (Å²) in [5.74, 6) is 0.127. The largest absolute Gasteiger partial charge is 0.293 e. The van der Waals surface area contributed by atoms with E-state index < -0.39 is 9.84 Å². The van der Waals surface area contributed by atoms with E-state index in [0.717, 1.165) is 10.4 Å². The summed E-state index contributed by atoms with van der Waals surface area (Å²) < 4.78 is 22.6. The molecule has 3 nitrogen and oxygen atoms in total. The fourth-order valence-electron chi connectivity index (χ4n) is 1.72. The third-order valence-electron chi connectivity index (χ3n) is 2.79. The molecule has 0 aliphatic heterocycles. The van der Waals surface area contributed by atoms with Crippen LogP contribution in [0.25, 0.3) is 0 Å². The van der Waals surface area contributed by atoms with E-state index in [2.05, 4.69) is 0 Å². The maximum Gasteiger partial charge on any atom is 0.175 e. The van der Waals surface area contributed by atoms with Gasteiger partial charge in [0.2, 0.25) is 0 Å². The summed E-state index contributed by atoms with van der Waals surface area (Å²) in [6.07, 6.45) is 2.25. The Kier molecular flexibility index (Phi) is 4.17. The van der Waals surface area contributed by atoms with Gasteiger partial charge in [-0.15, -0.1) is 11.3 Å². The maximum atomic E-state index is 11.8. The molecule has 0 fully saturated rings. The third kappa shape index (κ3) is 3.75. The molecule has 0 bridgehead atoms.